The second-order valence-electron chi connectivity index (χ2n) is 10.9. The second-order valence-corrected chi connectivity index (χ2v) is 12.0. The molecule has 2 amide bonds. The first-order valence-corrected chi connectivity index (χ1v) is 14.1. The molecule has 12 heteroatoms. The average Bonchev–Trinajstić information content (AvgIpc) is 3.63. The highest BCUT2D eigenvalue weighted by Crippen LogP contribution is 2.30. The number of carbonyl (C=O) groups excluding carboxylic acids is 1. The van der Waals surface area contributed by atoms with Gasteiger partial charge in [0.05, 0.1) is 39.1 Å². The second kappa shape index (κ2) is 11.4. The van der Waals surface area contributed by atoms with Gasteiger partial charge >= 0.3 is 6.09 Å². The number of thiophene rings is 1. The van der Waals surface area contributed by atoms with Gasteiger partial charge < -0.3 is 29.4 Å². The van der Waals surface area contributed by atoms with Crippen molar-refractivity contribution >= 4 is 40.3 Å². The number of carboxylic acid groups (broad SMARTS) is 1. The minimum atomic E-state index is -1.03. The van der Waals surface area contributed by atoms with Crippen molar-refractivity contribution in [3.8, 4) is 10.6 Å². The molecule has 0 aliphatic carbocycles. The maximum Gasteiger partial charge on any atom is 0.407 e. The number of benzene rings is 1. The number of anilines is 1. The number of nitrogens with zero attached hydrogens (tertiary/aromatic N) is 4. The third-order valence-corrected chi connectivity index (χ3v) is 7.93. The van der Waals surface area contributed by atoms with Crippen LogP contribution in [-0.4, -0.2) is 66.9 Å². The molecule has 0 radical (unpaired) electrons. The molecule has 1 unspecified atom stereocenters. The Kier molecular flexibility index (Phi) is 7.92. The summed E-state index contributed by atoms with van der Waals surface area (Å²) in [5.41, 5.74) is 1.50. The maximum absolute atomic E-state index is 13.2. The van der Waals surface area contributed by atoms with Crippen LogP contribution >= 0.6 is 11.3 Å². The smallest absolute Gasteiger partial charge is 0.407 e. The van der Waals surface area contributed by atoms with Gasteiger partial charge in [0, 0.05) is 26.6 Å². The minimum Gasteiger partial charge on any atom is -0.465 e. The van der Waals surface area contributed by atoms with Gasteiger partial charge in [0.25, 0.3) is 5.91 Å². The van der Waals surface area contributed by atoms with Crippen LogP contribution in [-0.2, 0) is 13.1 Å². The molecule has 11 nitrogen and oxygen atoms in total. The first kappa shape index (κ1) is 27.8. The Morgan fingerprint density at radius 1 is 1.25 bits per heavy atom. The topological polar surface area (TPSA) is 146 Å². The summed E-state index contributed by atoms with van der Waals surface area (Å²) < 4.78 is 7.40. The summed E-state index contributed by atoms with van der Waals surface area (Å²) in [6, 6.07) is 9.48. The molecule has 5 rings (SSSR count). The van der Waals surface area contributed by atoms with E-state index in [1.807, 2.05) is 28.8 Å². The lowest BCUT2D eigenvalue weighted by atomic mass is 9.98. The standard InChI is InChI=1S/C28H34N6O5S/c1-17-30-14-22(39-17)23-8-9-24(40-23)25(35)32-26-31-20-11-18(6-7-21(20)34(26)16-28(2,3)38)12-29-13-19-5-4-10-33(15-19)27(36)37/h6-9,11,14,19,29,38H,4-5,10,12-13,15-16H2,1-3H3,(H,36,37)(H,31,32,35). The Morgan fingerprint density at radius 2 is 2.08 bits per heavy atom. The number of aromatic nitrogens is 3. The van der Waals surface area contributed by atoms with E-state index >= 15 is 0 Å². The van der Waals surface area contributed by atoms with Crippen LogP contribution < -0.4 is 10.6 Å². The van der Waals surface area contributed by atoms with Gasteiger partial charge in [-0.25, -0.2) is 14.8 Å². The van der Waals surface area contributed by atoms with Crippen LogP contribution in [0.5, 0.6) is 0 Å². The van der Waals surface area contributed by atoms with Gasteiger partial charge in [-0.1, -0.05) is 6.07 Å². The zero-order valence-electron chi connectivity index (χ0n) is 22.8. The molecule has 1 atom stereocenters. The van der Waals surface area contributed by atoms with Crippen LogP contribution in [0.25, 0.3) is 21.7 Å². The highest BCUT2D eigenvalue weighted by molar-refractivity contribution is 7.17. The van der Waals surface area contributed by atoms with Crippen molar-refractivity contribution in [3.05, 3.63) is 52.9 Å². The summed E-state index contributed by atoms with van der Waals surface area (Å²) in [5.74, 6) is 1.51. The van der Waals surface area contributed by atoms with Crippen molar-refractivity contribution in [1.82, 2.24) is 24.8 Å². The predicted octanol–water partition coefficient (Wildman–Crippen LogP) is 4.56. The number of aryl methyl sites for hydroxylation is 1. The number of amides is 2. The fourth-order valence-corrected chi connectivity index (χ4v) is 5.83. The molecule has 4 aromatic rings. The van der Waals surface area contributed by atoms with E-state index in [-0.39, 0.29) is 18.4 Å². The quantitative estimate of drug-likeness (QED) is 0.231. The number of imidazole rings is 1. The summed E-state index contributed by atoms with van der Waals surface area (Å²) in [6.07, 6.45) is 2.66. The minimum absolute atomic E-state index is 0.242. The van der Waals surface area contributed by atoms with Crippen molar-refractivity contribution < 1.29 is 24.2 Å². The molecule has 1 aliphatic rings. The molecule has 1 fully saturated rings. The molecule has 1 aliphatic heterocycles. The summed E-state index contributed by atoms with van der Waals surface area (Å²) in [5, 5.41) is 26.2. The molecule has 0 bridgehead atoms. The van der Waals surface area contributed by atoms with E-state index in [1.54, 1.807) is 33.0 Å². The lowest BCUT2D eigenvalue weighted by Crippen LogP contribution is -2.42. The van der Waals surface area contributed by atoms with Gasteiger partial charge in [0.1, 0.15) is 0 Å². The SMILES string of the molecule is Cc1ncc(-c2ccc(C(=O)Nc3nc4cc(CNCC5CCCN(C(=O)O)C5)ccc4n3CC(C)(C)O)s2)o1. The monoisotopic (exact) mass is 566 g/mol. The molecule has 4 N–H and O–H groups in total. The highest BCUT2D eigenvalue weighted by Gasteiger charge is 2.24. The average molecular weight is 567 g/mol. The molecule has 212 valence electrons. The van der Waals surface area contributed by atoms with E-state index in [2.05, 4.69) is 15.6 Å². The number of piperidine rings is 1. The van der Waals surface area contributed by atoms with E-state index in [4.69, 9.17) is 9.40 Å². The number of hydrogen-bond acceptors (Lipinski definition) is 8. The number of oxazole rings is 1. The fourth-order valence-electron chi connectivity index (χ4n) is 4.98. The molecule has 1 aromatic carbocycles. The molecular weight excluding hydrogens is 532 g/mol. The fraction of sp³-hybridized carbons (Fsp3) is 0.429. The number of aliphatic hydroxyl groups is 1. The van der Waals surface area contributed by atoms with Crippen molar-refractivity contribution in [3.63, 3.8) is 0 Å². The van der Waals surface area contributed by atoms with Gasteiger partial charge in [0.2, 0.25) is 5.95 Å². The van der Waals surface area contributed by atoms with E-state index in [9.17, 15) is 19.8 Å². The summed E-state index contributed by atoms with van der Waals surface area (Å²) in [6.45, 7) is 7.93. The Labute approximate surface area is 235 Å². The van der Waals surface area contributed by atoms with E-state index in [1.165, 1.54) is 16.2 Å². The largest absolute Gasteiger partial charge is 0.465 e. The molecular formula is C28H34N6O5S. The highest BCUT2D eigenvalue weighted by atomic mass is 32.1. The number of rotatable bonds is 9. The number of carbonyl (C=O) groups is 2. The van der Waals surface area contributed by atoms with Crippen molar-refractivity contribution in [2.45, 2.75) is 52.3 Å². The Bertz CT molecular complexity index is 1520. The molecule has 40 heavy (non-hydrogen) atoms. The van der Waals surface area contributed by atoms with Crippen molar-refractivity contribution in [1.29, 1.82) is 0 Å². The third kappa shape index (κ3) is 6.52. The lowest BCUT2D eigenvalue weighted by Gasteiger charge is -2.30. The number of nitrogens with one attached hydrogen (secondary N) is 2. The van der Waals surface area contributed by atoms with Crippen LogP contribution in [0.4, 0.5) is 10.7 Å². The van der Waals surface area contributed by atoms with E-state index in [0.29, 0.717) is 47.6 Å². The first-order valence-electron chi connectivity index (χ1n) is 13.3. The molecule has 1 saturated heterocycles. The van der Waals surface area contributed by atoms with Crippen molar-refractivity contribution in [2.24, 2.45) is 5.92 Å². The number of likely N-dealkylation sites (tertiary alicyclic amines) is 1. The number of hydrogen-bond donors (Lipinski definition) is 4. The molecule has 4 heterocycles. The maximum atomic E-state index is 13.2. The van der Waals surface area contributed by atoms with Crippen LogP contribution in [0.15, 0.2) is 40.9 Å². The zero-order valence-corrected chi connectivity index (χ0v) is 23.6. The Hall–Kier alpha value is -3.74. The molecule has 3 aromatic heterocycles. The first-order chi connectivity index (χ1) is 19.1. The van der Waals surface area contributed by atoms with Crippen LogP contribution in [0.3, 0.4) is 0 Å². The summed E-state index contributed by atoms with van der Waals surface area (Å²) in [4.78, 5) is 36.1. The van der Waals surface area contributed by atoms with Gasteiger partial charge in [0.15, 0.2) is 11.7 Å². The van der Waals surface area contributed by atoms with Crippen LogP contribution in [0.2, 0.25) is 0 Å². The number of fused-ring (bicyclic) bond motifs is 1. The van der Waals surface area contributed by atoms with Crippen molar-refractivity contribution in [2.75, 3.05) is 25.0 Å². The lowest BCUT2D eigenvalue weighted by molar-refractivity contribution is 0.0630. The summed E-state index contributed by atoms with van der Waals surface area (Å²) >= 11 is 1.30. The Morgan fingerprint density at radius 3 is 2.80 bits per heavy atom. The normalized spacial score (nSPS) is 16.0. The van der Waals surface area contributed by atoms with Gasteiger partial charge in [-0.05, 0) is 69.0 Å². The third-order valence-electron chi connectivity index (χ3n) is 6.83. The molecule has 0 saturated carbocycles. The summed E-state index contributed by atoms with van der Waals surface area (Å²) in [7, 11) is 0. The van der Waals surface area contributed by atoms with Gasteiger partial charge in [-0.15, -0.1) is 11.3 Å². The van der Waals surface area contributed by atoms with Gasteiger partial charge in [-0.3, -0.25) is 10.1 Å². The van der Waals surface area contributed by atoms with E-state index in [0.717, 1.165) is 35.3 Å². The predicted molar refractivity (Wildman–Crippen MR) is 153 cm³/mol. The van der Waals surface area contributed by atoms with E-state index < -0.39 is 11.7 Å². The molecule has 0 spiro atoms. The Balaban J connectivity index is 1.31. The zero-order chi connectivity index (χ0) is 28.4. The van der Waals surface area contributed by atoms with Gasteiger partial charge in [-0.2, -0.15) is 0 Å². The van der Waals surface area contributed by atoms with Crippen LogP contribution in [0.1, 0.15) is 47.8 Å². The van der Waals surface area contributed by atoms with Crippen LogP contribution in [0, 0.1) is 12.8 Å².